The molecule has 12 aromatic rings. The van der Waals surface area contributed by atoms with Gasteiger partial charge in [-0.3, -0.25) is 0 Å². The van der Waals surface area contributed by atoms with Crippen LogP contribution in [0, 0.1) is 0 Å². The van der Waals surface area contributed by atoms with Crippen LogP contribution in [0.4, 0.5) is 17.1 Å². The Morgan fingerprint density at radius 3 is 1.64 bits per heavy atom. The normalized spacial score (nSPS) is 11.6. The molecule has 61 heavy (non-hydrogen) atoms. The predicted molar refractivity (Wildman–Crippen MR) is 255 cm³/mol. The lowest BCUT2D eigenvalue weighted by atomic mass is 9.91. The lowest BCUT2D eigenvalue weighted by molar-refractivity contribution is 0.669. The van der Waals surface area contributed by atoms with E-state index in [1.807, 2.05) is 12.1 Å². The van der Waals surface area contributed by atoms with Crippen molar-refractivity contribution in [2.75, 3.05) is 4.90 Å². The monoisotopic (exact) mass is 779 g/mol. The van der Waals surface area contributed by atoms with Crippen molar-refractivity contribution in [2.45, 2.75) is 0 Å². The van der Waals surface area contributed by atoms with E-state index in [0.717, 1.165) is 83.0 Å². The second kappa shape index (κ2) is 14.3. The Morgan fingerprint density at radius 1 is 0.279 bits per heavy atom. The number of fused-ring (bicyclic) bond motifs is 8. The number of rotatable bonds is 7. The second-order valence-corrected chi connectivity index (χ2v) is 15.6. The van der Waals surface area contributed by atoms with Crippen molar-refractivity contribution in [2.24, 2.45) is 0 Å². The summed E-state index contributed by atoms with van der Waals surface area (Å²) in [5.74, 6) is 0. The molecule has 10 aromatic carbocycles. The van der Waals surface area contributed by atoms with Gasteiger partial charge in [0.2, 0.25) is 0 Å². The minimum atomic E-state index is 0.872. The highest BCUT2D eigenvalue weighted by molar-refractivity contribution is 6.19. The molecular weight excluding hydrogens is 743 g/mol. The van der Waals surface area contributed by atoms with Crippen molar-refractivity contribution in [1.29, 1.82) is 0 Å². The third-order valence-electron chi connectivity index (χ3n) is 12.1. The van der Waals surface area contributed by atoms with Gasteiger partial charge in [-0.25, -0.2) is 0 Å². The van der Waals surface area contributed by atoms with Crippen LogP contribution in [-0.2, 0) is 0 Å². The molecule has 2 aromatic heterocycles. The fourth-order valence-corrected chi connectivity index (χ4v) is 9.14. The molecule has 0 aliphatic carbocycles. The van der Waals surface area contributed by atoms with Crippen LogP contribution in [0.2, 0.25) is 0 Å². The Bertz CT molecular complexity index is 3560. The number of para-hydroxylation sites is 1. The molecule has 2 heterocycles. The summed E-state index contributed by atoms with van der Waals surface area (Å²) in [5.41, 5.74) is 16.2. The van der Waals surface area contributed by atoms with Crippen LogP contribution in [0.5, 0.6) is 0 Å². The molecule has 0 fully saturated rings. The van der Waals surface area contributed by atoms with E-state index in [4.69, 9.17) is 8.83 Å². The van der Waals surface area contributed by atoms with Gasteiger partial charge >= 0.3 is 0 Å². The highest BCUT2D eigenvalue weighted by Crippen LogP contribution is 2.43. The molecule has 3 heteroatoms. The zero-order valence-electron chi connectivity index (χ0n) is 33.1. The highest BCUT2D eigenvalue weighted by atomic mass is 16.3. The van der Waals surface area contributed by atoms with Crippen molar-refractivity contribution < 1.29 is 8.83 Å². The molecule has 0 saturated carbocycles. The summed E-state index contributed by atoms with van der Waals surface area (Å²) < 4.78 is 12.8. The Hall–Kier alpha value is -8.14. The standard InChI is InChI=1S/C58H37NO2/c1-3-12-39(13-4-1)47-33-27-43(36-52(47)40-14-5-2-6-15-40)38-22-28-44(29-23-38)59(46-32-35-55-53(37-46)50-18-9-10-20-54(50)60-55)45-30-24-42(25-31-45)48-19-11-21-56-57(48)51-34-26-41-16-7-8-17-49(41)58(51)61-56/h1-37H. The first-order valence-electron chi connectivity index (χ1n) is 20.7. The van der Waals surface area contributed by atoms with Crippen molar-refractivity contribution in [3.63, 3.8) is 0 Å². The minimum absolute atomic E-state index is 0.872. The number of furan rings is 2. The van der Waals surface area contributed by atoms with E-state index in [0.29, 0.717) is 0 Å². The van der Waals surface area contributed by atoms with E-state index < -0.39 is 0 Å². The van der Waals surface area contributed by atoms with Crippen LogP contribution in [0.1, 0.15) is 0 Å². The van der Waals surface area contributed by atoms with E-state index >= 15 is 0 Å². The molecular formula is C58H37NO2. The Balaban J connectivity index is 0.965. The first-order valence-corrected chi connectivity index (χ1v) is 20.7. The molecule has 0 atom stereocenters. The minimum Gasteiger partial charge on any atom is -0.456 e. The lowest BCUT2D eigenvalue weighted by Gasteiger charge is -2.26. The number of hydrogen-bond acceptors (Lipinski definition) is 3. The van der Waals surface area contributed by atoms with Crippen LogP contribution in [0.15, 0.2) is 233 Å². The van der Waals surface area contributed by atoms with E-state index in [1.165, 1.54) is 33.2 Å². The summed E-state index contributed by atoms with van der Waals surface area (Å²) in [4.78, 5) is 2.34. The summed E-state index contributed by atoms with van der Waals surface area (Å²) in [5, 5.41) is 6.75. The third-order valence-corrected chi connectivity index (χ3v) is 12.1. The molecule has 0 radical (unpaired) electrons. The fraction of sp³-hybridized carbons (Fsp3) is 0. The quantitative estimate of drug-likeness (QED) is 0.161. The van der Waals surface area contributed by atoms with Gasteiger partial charge in [-0.05, 0) is 117 Å². The van der Waals surface area contributed by atoms with Gasteiger partial charge in [0.05, 0.1) is 0 Å². The van der Waals surface area contributed by atoms with Crippen LogP contribution < -0.4 is 4.90 Å². The second-order valence-electron chi connectivity index (χ2n) is 15.6. The predicted octanol–water partition coefficient (Wildman–Crippen LogP) is 16.8. The molecule has 0 unspecified atom stereocenters. The van der Waals surface area contributed by atoms with Gasteiger partial charge < -0.3 is 13.7 Å². The highest BCUT2D eigenvalue weighted by Gasteiger charge is 2.19. The smallest absolute Gasteiger partial charge is 0.143 e. The average molecular weight is 780 g/mol. The summed E-state index contributed by atoms with van der Waals surface area (Å²) in [7, 11) is 0. The molecule has 0 bridgehead atoms. The van der Waals surface area contributed by atoms with Gasteiger partial charge in [-0.2, -0.15) is 0 Å². The number of nitrogens with zero attached hydrogens (tertiary/aromatic N) is 1. The molecule has 12 rings (SSSR count). The summed E-state index contributed by atoms with van der Waals surface area (Å²) in [6.07, 6.45) is 0. The van der Waals surface area contributed by atoms with Crippen LogP contribution >= 0.6 is 0 Å². The van der Waals surface area contributed by atoms with Gasteiger partial charge in [0, 0.05) is 44.0 Å². The van der Waals surface area contributed by atoms with Gasteiger partial charge in [0.25, 0.3) is 0 Å². The molecule has 0 spiro atoms. The van der Waals surface area contributed by atoms with Gasteiger partial charge in [0.15, 0.2) is 0 Å². The van der Waals surface area contributed by atoms with Gasteiger partial charge in [-0.1, -0.05) is 158 Å². The largest absolute Gasteiger partial charge is 0.456 e. The Kier molecular flexibility index (Phi) is 8.17. The molecule has 0 aliphatic rings. The molecule has 0 saturated heterocycles. The van der Waals surface area contributed by atoms with Crippen LogP contribution in [0.25, 0.3) is 99.2 Å². The molecule has 286 valence electrons. The summed E-state index contributed by atoms with van der Waals surface area (Å²) in [6.45, 7) is 0. The lowest BCUT2D eigenvalue weighted by Crippen LogP contribution is -2.09. The summed E-state index contributed by atoms with van der Waals surface area (Å²) >= 11 is 0. The number of hydrogen-bond donors (Lipinski definition) is 0. The third kappa shape index (κ3) is 5.98. The molecule has 0 amide bonds. The van der Waals surface area contributed by atoms with Crippen molar-refractivity contribution in [1.82, 2.24) is 0 Å². The molecule has 3 nitrogen and oxygen atoms in total. The Morgan fingerprint density at radius 2 is 0.869 bits per heavy atom. The van der Waals surface area contributed by atoms with E-state index in [9.17, 15) is 0 Å². The van der Waals surface area contributed by atoms with Crippen molar-refractivity contribution in [3.05, 3.63) is 224 Å². The number of benzene rings is 10. The van der Waals surface area contributed by atoms with E-state index in [1.54, 1.807) is 0 Å². The average Bonchev–Trinajstić information content (AvgIpc) is 3.91. The zero-order chi connectivity index (χ0) is 40.3. The maximum Gasteiger partial charge on any atom is 0.143 e. The van der Waals surface area contributed by atoms with Crippen molar-refractivity contribution >= 4 is 71.7 Å². The molecule has 0 N–H and O–H groups in total. The van der Waals surface area contributed by atoms with Crippen LogP contribution in [-0.4, -0.2) is 0 Å². The van der Waals surface area contributed by atoms with Gasteiger partial charge in [-0.15, -0.1) is 0 Å². The maximum absolute atomic E-state index is 6.55. The van der Waals surface area contributed by atoms with Crippen LogP contribution in [0.3, 0.4) is 0 Å². The number of anilines is 3. The first-order chi connectivity index (χ1) is 30.2. The van der Waals surface area contributed by atoms with Gasteiger partial charge in [0.1, 0.15) is 22.3 Å². The maximum atomic E-state index is 6.55. The fourth-order valence-electron chi connectivity index (χ4n) is 9.14. The SMILES string of the molecule is c1ccc(-c2ccc(-c3ccc(N(c4ccc(-c5cccc6oc7c8ccccc8ccc7c56)cc4)c4ccc5oc6ccccc6c5c4)cc3)cc2-c2ccccc2)cc1. The van der Waals surface area contributed by atoms with E-state index in [-0.39, 0.29) is 0 Å². The van der Waals surface area contributed by atoms with E-state index in [2.05, 4.69) is 217 Å². The van der Waals surface area contributed by atoms with Crippen molar-refractivity contribution in [3.8, 4) is 44.5 Å². The zero-order valence-corrected chi connectivity index (χ0v) is 33.1. The Labute approximate surface area is 353 Å². The topological polar surface area (TPSA) is 29.5 Å². The molecule has 0 aliphatic heterocycles. The first kappa shape index (κ1) is 34.9. The summed E-state index contributed by atoms with van der Waals surface area (Å²) in [6, 6.07) is 79.9.